The summed E-state index contributed by atoms with van der Waals surface area (Å²) in [5.41, 5.74) is -0.0963. The fourth-order valence-corrected chi connectivity index (χ4v) is 3.35. The van der Waals surface area contributed by atoms with Crippen LogP contribution in [0.3, 0.4) is 0 Å². The van der Waals surface area contributed by atoms with E-state index in [2.05, 4.69) is 5.32 Å². The second kappa shape index (κ2) is 7.79. The molecule has 126 valence electrons. The van der Waals surface area contributed by atoms with Crippen molar-refractivity contribution in [2.75, 3.05) is 13.2 Å². The van der Waals surface area contributed by atoms with Crippen LogP contribution in [0.25, 0.3) is 0 Å². The zero-order chi connectivity index (χ0) is 16.9. The van der Waals surface area contributed by atoms with Crippen molar-refractivity contribution in [2.24, 2.45) is 0 Å². The first-order valence-electron chi connectivity index (χ1n) is 7.88. The van der Waals surface area contributed by atoms with Crippen LogP contribution in [0.15, 0.2) is 24.3 Å². The molecule has 0 bridgehead atoms. The first-order chi connectivity index (χ1) is 11.0. The van der Waals surface area contributed by atoms with Crippen molar-refractivity contribution in [1.29, 1.82) is 0 Å². The van der Waals surface area contributed by atoms with Gasteiger partial charge in [0.25, 0.3) is 0 Å². The molecule has 0 aliphatic carbocycles. The van der Waals surface area contributed by atoms with Crippen molar-refractivity contribution in [2.45, 2.75) is 44.1 Å². The molecule has 0 spiro atoms. The van der Waals surface area contributed by atoms with Gasteiger partial charge in [0.1, 0.15) is 6.04 Å². The molecule has 5 nitrogen and oxygen atoms in total. The highest BCUT2D eigenvalue weighted by Crippen LogP contribution is 2.39. The predicted octanol–water partition coefficient (Wildman–Crippen LogP) is 2.76. The summed E-state index contributed by atoms with van der Waals surface area (Å²) in [6.07, 6.45) is 2.05. The van der Waals surface area contributed by atoms with E-state index in [1.54, 1.807) is 6.07 Å². The molecule has 1 saturated heterocycles. The quantitative estimate of drug-likeness (QED) is 0.835. The SMILES string of the molecule is CCC[C@@H](NC(=O)C1(c2ccccc2Cl)CCOCC1)C(=O)O. The number of carbonyl (C=O) groups excluding carboxylic acids is 1. The van der Waals surface area contributed by atoms with Gasteiger partial charge in [0, 0.05) is 18.2 Å². The molecule has 1 aromatic carbocycles. The molecule has 1 amide bonds. The van der Waals surface area contributed by atoms with E-state index < -0.39 is 17.4 Å². The van der Waals surface area contributed by atoms with Gasteiger partial charge in [0.15, 0.2) is 0 Å². The Morgan fingerprint density at radius 2 is 2.00 bits per heavy atom. The number of carbonyl (C=O) groups is 2. The lowest BCUT2D eigenvalue weighted by Gasteiger charge is -2.37. The van der Waals surface area contributed by atoms with Gasteiger partial charge in [-0.2, -0.15) is 0 Å². The maximum atomic E-state index is 13.0. The van der Waals surface area contributed by atoms with Crippen LogP contribution in [-0.2, 0) is 19.7 Å². The fourth-order valence-electron chi connectivity index (χ4n) is 3.03. The minimum atomic E-state index is -1.01. The third kappa shape index (κ3) is 3.85. The zero-order valence-electron chi connectivity index (χ0n) is 13.2. The van der Waals surface area contributed by atoms with E-state index in [9.17, 15) is 14.7 Å². The van der Waals surface area contributed by atoms with Crippen molar-refractivity contribution in [3.05, 3.63) is 34.9 Å². The molecule has 0 radical (unpaired) electrons. The third-order valence-electron chi connectivity index (χ3n) is 4.35. The number of hydrogen-bond acceptors (Lipinski definition) is 3. The van der Waals surface area contributed by atoms with Crippen LogP contribution in [0.5, 0.6) is 0 Å². The lowest BCUT2D eigenvalue weighted by molar-refractivity contribution is -0.143. The highest BCUT2D eigenvalue weighted by atomic mass is 35.5. The van der Waals surface area contributed by atoms with Gasteiger partial charge in [0.2, 0.25) is 5.91 Å². The third-order valence-corrected chi connectivity index (χ3v) is 4.68. The highest BCUT2D eigenvalue weighted by Gasteiger charge is 2.44. The number of rotatable bonds is 6. The molecule has 1 heterocycles. The molecular formula is C17H22ClNO4. The number of nitrogens with one attached hydrogen (secondary N) is 1. The van der Waals surface area contributed by atoms with Gasteiger partial charge in [-0.3, -0.25) is 4.79 Å². The molecule has 0 unspecified atom stereocenters. The van der Waals surface area contributed by atoms with Crippen LogP contribution in [0.2, 0.25) is 5.02 Å². The smallest absolute Gasteiger partial charge is 0.326 e. The summed E-state index contributed by atoms with van der Waals surface area (Å²) in [6, 6.07) is 6.36. The van der Waals surface area contributed by atoms with Gasteiger partial charge >= 0.3 is 5.97 Å². The molecule has 2 rings (SSSR count). The number of aliphatic carboxylic acids is 1. The molecule has 0 aromatic heterocycles. The van der Waals surface area contributed by atoms with E-state index in [-0.39, 0.29) is 5.91 Å². The Morgan fingerprint density at radius 3 is 2.57 bits per heavy atom. The first-order valence-corrected chi connectivity index (χ1v) is 8.25. The summed E-state index contributed by atoms with van der Waals surface area (Å²) in [4.78, 5) is 24.3. The van der Waals surface area contributed by atoms with Crippen molar-refractivity contribution >= 4 is 23.5 Å². The van der Waals surface area contributed by atoms with Gasteiger partial charge in [0.05, 0.1) is 5.41 Å². The maximum Gasteiger partial charge on any atom is 0.326 e. The van der Waals surface area contributed by atoms with Gasteiger partial charge in [-0.1, -0.05) is 43.1 Å². The molecule has 0 saturated carbocycles. The first kappa shape index (κ1) is 17.8. The second-order valence-corrected chi connectivity index (χ2v) is 6.23. The predicted molar refractivity (Wildman–Crippen MR) is 87.7 cm³/mol. The number of hydrogen-bond donors (Lipinski definition) is 2. The molecule has 1 fully saturated rings. The van der Waals surface area contributed by atoms with E-state index in [0.717, 1.165) is 5.56 Å². The monoisotopic (exact) mass is 339 g/mol. The van der Waals surface area contributed by atoms with E-state index >= 15 is 0 Å². The largest absolute Gasteiger partial charge is 0.480 e. The molecule has 2 N–H and O–H groups in total. The zero-order valence-corrected chi connectivity index (χ0v) is 13.9. The normalized spacial score (nSPS) is 18.2. The minimum Gasteiger partial charge on any atom is -0.480 e. The molecule has 1 aliphatic rings. The Balaban J connectivity index is 2.33. The summed E-state index contributed by atoms with van der Waals surface area (Å²) in [7, 11) is 0. The second-order valence-electron chi connectivity index (χ2n) is 5.83. The van der Waals surface area contributed by atoms with E-state index in [1.807, 2.05) is 25.1 Å². The number of carboxylic acid groups (broad SMARTS) is 1. The maximum absolute atomic E-state index is 13.0. The van der Waals surface area contributed by atoms with Crippen LogP contribution in [0.4, 0.5) is 0 Å². The highest BCUT2D eigenvalue weighted by molar-refractivity contribution is 6.31. The van der Waals surface area contributed by atoms with Crippen LogP contribution < -0.4 is 5.32 Å². The van der Waals surface area contributed by atoms with Crippen LogP contribution in [0, 0.1) is 0 Å². The Morgan fingerprint density at radius 1 is 1.35 bits per heavy atom. The van der Waals surface area contributed by atoms with E-state index in [0.29, 0.717) is 43.9 Å². The Bertz CT molecular complexity index is 569. The average Bonchev–Trinajstić information content (AvgIpc) is 2.55. The molecule has 6 heteroatoms. The minimum absolute atomic E-state index is 0.283. The van der Waals surface area contributed by atoms with Crippen LogP contribution in [-0.4, -0.2) is 36.2 Å². The number of carboxylic acids is 1. The van der Waals surface area contributed by atoms with Crippen molar-refractivity contribution < 1.29 is 19.4 Å². The standard InChI is InChI=1S/C17H22ClNO4/c1-2-5-14(15(20)21)19-16(22)17(8-10-23-11-9-17)12-6-3-4-7-13(12)18/h3-4,6-7,14H,2,5,8-11H2,1H3,(H,19,22)(H,20,21)/t14-/m1/s1. The van der Waals surface area contributed by atoms with E-state index in [4.69, 9.17) is 16.3 Å². The van der Waals surface area contributed by atoms with Crippen molar-refractivity contribution in [3.8, 4) is 0 Å². The number of amides is 1. The van der Waals surface area contributed by atoms with Gasteiger partial charge in [-0.25, -0.2) is 4.79 Å². The number of benzene rings is 1. The van der Waals surface area contributed by atoms with Gasteiger partial charge in [-0.05, 0) is 30.9 Å². The Labute approximate surface area is 141 Å². The van der Waals surface area contributed by atoms with Gasteiger partial charge < -0.3 is 15.2 Å². The fraction of sp³-hybridized carbons (Fsp3) is 0.529. The number of ether oxygens (including phenoxy) is 1. The molecule has 23 heavy (non-hydrogen) atoms. The molecular weight excluding hydrogens is 318 g/mol. The average molecular weight is 340 g/mol. The van der Waals surface area contributed by atoms with Crippen LogP contribution >= 0.6 is 11.6 Å². The summed E-state index contributed by atoms with van der Waals surface area (Å²) < 4.78 is 5.40. The lowest BCUT2D eigenvalue weighted by atomic mass is 9.73. The topological polar surface area (TPSA) is 75.6 Å². The molecule has 1 aliphatic heterocycles. The van der Waals surface area contributed by atoms with Crippen molar-refractivity contribution in [3.63, 3.8) is 0 Å². The Hall–Kier alpha value is -1.59. The van der Waals surface area contributed by atoms with Gasteiger partial charge in [-0.15, -0.1) is 0 Å². The van der Waals surface area contributed by atoms with Crippen molar-refractivity contribution in [1.82, 2.24) is 5.32 Å². The lowest BCUT2D eigenvalue weighted by Crippen LogP contribution is -2.53. The van der Waals surface area contributed by atoms with E-state index in [1.165, 1.54) is 0 Å². The summed E-state index contributed by atoms with van der Waals surface area (Å²) in [5, 5.41) is 12.5. The molecule has 1 atom stereocenters. The Kier molecular flexibility index (Phi) is 6.02. The summed E-state index contributed by atoms with van der Waals surface area (Å²) in [6.45, 7) is 2.79. The summed E-state index contributed by atoms with van der Waals surface area (Å²) in [5.74, 6) is -1.30. The van der Waals surface area contributed by atoms with Crippen LogP contribution in [0.1, 0.15) is 38.2 Å². The molecule has 1 aromatic rings. The number of halogens is 1. The summed E-state index contributed by atoms with van der Waals surface area (Å²) >= 11 is 6.31.